The van der Waals surface area contributed by atoms with Gasteiger partial charge in [-0.05, 0) is 25.3 Å². The minimum atomic E-state index is -2.60. The molecule has 3 N–H and O–H groups in total. The summed E-state index contributed by atoms with van der Waals surface area (Å²) in [5.74, 6) is -2.74. The van der Waals surface area contributed by atoms with Crippen LogP contribution in [0.1, 0.15) is 53.3 Å². The summed E-state index contributed by atoms with van der Waals surface area (Å²) in [5, 5.41) is 4.56. The predicted molar refractivity (Wildman–Crippen MR) is 80.8 cm³/mol. The number of carbonyl (C=O) groups is 2. The molecule has 0 aliphatic heterocycles. The summed E-state index contributed by atoms with van der Waals surface area (Å²) < 4.78 is 31.1. The average molecular weight is 344 g/mol. The molecule has 1 aromatic rings. The minimum absolute atomic E-state index is 0.0995. The molecule has 5 nitrogen and oxygen atoms in total. The maximum Gasteiger partial charge on any atom is 0.404 e. The van der Waals surface area contributed by atoms with Gasteiger partial charge < -0.3 is 15.8 Å². The van der Waals surface area contributed by atoms with Crippen molar-refractivity contribution >= 4 is 23.3 Å². The number of hydrogen-bond donors (Lipinski definition) is 2. The van der Waals surface area contributed by atoms with E-state index in [1.807, 2.05) is 0 Å². The highest BCUT2D eigenvalue weighted by Crippen LogP contribution is 2.45. The summed E-state index contributed by atoms with van der Waals surface area (Å²) in [6.07, 6.45) is -0.0480. The van der Waals surface area contributed by atoms with E-state index in [1.54, 1.807) is 11.4 Å². The van der Waals surface area contributed by atoms with E-state index < -0.39 is 12.0 Å². The first-order chi connectivity index (χ1) is 10.8. The summed E-state index contributed by atoms with van der Waals surface area (Å²) in [6.45, 7) is 0. The van der Waals surface area contributed by atoms with Gasteiger partial charge >= 0.3 is 6.09 Å². The van der Waals surface area contributed by atoms with E-state index in [1.165, 1.54) is 11.3 Å². The molecular formula is C15H18F2N2O3S. The van der Waals surface area contributed by atoms with Gasteiger partial charge in [-0.2, -0.15) is 0 Å². The molecule has 126 valence electrons. The summed E-state index contributed by atoms with van der Waals surface area (Å²) in [5.41, 5.74) is 5.50. The molecule has 0 spiro atoms. The number of halogens is 2. The molecule has 1 heterocycles. The second-order valence-electron chi connectivity index (χ2n) is 6.16. The molecule has 0 radical (unpaired) electrons. The van der Waals surface area contributed by atoms with Gasteiger partial charge in [0.25, 0.3) is 5.91 Å². The second kappa shape index (κ2) is 6.07. The largest absolute Gasteiger partial charge is 0.446 e. The lowest BCUT2D eigenvalue weighted by Crippen LogP contribution is -2.40. The lowest BCUT2D eigenvalue weighted by atomic mass is 9.92. The second-order valence-corrected chi connectivity index (χ2v) is 7.10. The number of hydrogen-bond acceptors (Lipinski definition) is 4. The predicted octanol–water partition coefficient (Wildman–Crippen LogP) is 3.01. The molecule has 2 unspecified atom stereocenters. The van der Waals surface area contributed by atoms with Crippen molar-refractivity contribution < 1.29 is 23.1 Å². The molecule has 2 aliphatic carbocycles. The summed E-state index contributed by atoms with van der Waals surface area (Å²) in [4.78, 5) is 23.9. The van der Waals surface area contributed by atoms with Gasteiger partial charge in [0, 0.05) is 35.1 Å². The molecule has 2 amide bonds. The van der Waals surface area contributed by atoms with Gasteiger partial charge in [-0.3, -0.25) is 4.79 Å². The fourth-order valence-electron chi connectivity index (χ4n) is 2.87. The molecular weight excluding hydrogens is 326 g/mol. The van der Waals surface area contributed by atoms with Crippen molar-refractivity contribution in [1.29, 1.82) is 0 Å². The van der Waals surface area contributed by atoms with Gasteiger partial charge in [-0.15, -0.1) is 11.3 Å². The normalized spacial score (nSPS) is 26.5. The van der Waals surface area contributed by atoms with Crippen LogP contribution in [0.4, 0.5) is 13.6 Å². The summed E-state index contributed by atoms with van der Waals surface area (Å²) >= 11 is 1.43. The molecule has 1 aromatic heterocycles. The Balaban J connectivity index is 1.52. The monoisotopic (exact) mass is 344 g/mol. The van der Waals surface area contributed by atoms with Crippen molar-refractivity contribution in [1.82, 2.24) is 5.32 Å². The standard InChI is InChI=1S/C15H18F2N2O3S/c16-15(17)3-1-9(2-4-15)19-13(20)8-5-12(23-7-8)10-6-11(10)22-14(18)21/h5,7,9-11H,1-4,6H2,(H2,18,21)(H,19,20). The van der Waals surface area contributed by atoms with Crippen LogP contribution in [-0.2, 0) is 4.74 Å². The van der Waals surface area contributed by atoms with Crippen molar-refractivity contribution in [3.63, 3.8) is 0 Å². The number of ether oxygens (including phenoxy) is 1. The van der Waals surface area contributed by atoms with Crippen LogP contribution < -0.4 is 11.1 Å². The Morgan fingerprint density at radius 1 is 1.35 bits per heavy atom. The fraction of sp³-hybridized carbons (Fsp3) is 0.600. The zero-order chi connectivity index (χ0) is 16.6. The number of nitrogens with two attached hydrogens (primary N) is 1. The number of amides is 2. The van der Waals surface area contributed by atoms with Crippen LogP contribution in [0.2, 0.25) is 0 Å². The molecule has 23 heavy (non-hydrogen) atoms. The molecule has 0 saturated heterocycles. The fourth-order valence-corrected chi connectivity index (χ4v) is 3.93. The van der Waals surface area contributed by atoms with Crippen LogP contribution in [0.25, 0.3) is 0 Å². The summed E-state index contributed by atoms with van der Waals surface area (Å²) in [6, 6.07) is 1.57. The third-order valence-electron chi connectivity index (χ3n) is 4.30. The maximum absolute atomic E-state index is 13.1. The minimum Gasteiger partial charge on any atom is -0.446 e. The number of carbonyl (C=O) groups excluding carboxylic acids is 2. The number of rotatable bonds is 4. The van der Waals surface area contributed by atoms with Crippen LogP contribution in [0, 0.1) is 0 Å². The highest BCUT2D eigenvalue weighted by atomic mass is 32.1. The lowest BCUT2D eigenvalue weighted by Gasteiger charge is -2.28. The highest BCUT2D eigenvalue weighted by Gasteiger charge is 2.43. The highest BCUT2D eigenvalue weighted by molar-refractivity contribution is 7.10. The van der Waals surface area contributed by atoms with Crippen LogP contribution in [0.3, 0.4) is 0 Å². The van der Waals surface area contributed by atoms with Gasteiger partial charge in [0.15, 0.2) is 0 Å². The first-order valence-electron chi connectivity index (χ1n) is 7.57. The van der Waals surface area contributed by atoms with Crippen LogP contribution in [0.15, 0.2) is 11.4 Å². The molecule has 3 rings (SSSR count). The number of thiophene rings is 1. The van der Waals surface area contributed by atoms with Gasteiger partial charge in [0.05, 0.1) is 5.56 Å². The molecule has 0 bridgehead atoms. The number of nitrogens with one attached hydrogen (secondary N) is 1. The van der Waals surface area contributed by atoms with Gasteiger partial charge in [-0.25, -0.2) is 13.6 Å². The molecule has 0 aromatic carbocycles. The third-order valence-corrected chi connectivity index (χ3v) is 5.36. The zero-order valence-corrected chi connectivity index (χ0v) is 13.2. The Bertz CT molecular complexity index is 610. The Morgan fingerprint density at radius 3 is 2.70 bits per heavy atom. The van der Waals surface area contributed by atoms with Crippen molar-refractivity contribution in [3.8, 4) is 0 Å². The van der Waals surface area contributed by atoms with Gasteiger partial charge in [0.1, 0.15) is 6.10 Å². The average Bonchev–Trinajstić information content (AvgIpc) is 3.04. The Labute approximate surface area is 136 Å². The summed E-state index contributed by atoms with van der Waals surface area (Å²) in [7, 11) is 0. The molecule has 2 atom stereocenters. The van der Waals surface area contributed by atoms with Crippen molar-refractivity contribution in [2.75, 3.05) is 0 Å². The van der Waals surface area contributed by atoms with E-state index in [9.17, 15) is 18.4 Å². The van der Waals surface area contributed by atoms with Gasteiger partial charge in [0.2, 0.25) is 5.92 Å². The van der Waals surface area contributed by atoms with Crippen molar-refractivity contribution in [2.45, 2.75) is 56.1 Å². The van der Waals surface area contributed by atoms with E-state index in [0.29, 0.717) is 24.8 Å². The SMILES string of the molecule is NC(=O)OC1CC1c1cc(C(=O)NC2CCC(F)(F)CC2)cs1. The van der Waals surface area contributed by atoms with Crippen LogP contribution in [-0.4, -0.2) is 30.1 Å². The van der Waals surface area contributed by atoms with E-state index >= 15 is 0 Å². The topological polar surface area (TPSA) is 81.4 Å². The molecule has 2 aliphatic rings. The number of primary amides is 1. The van der Waals surface area contributed by atoms with E-state index in [2.05, 4.69) is 5.32 Å². The van der Waals surface area contributed by atoms with E-state index in [-0.39, 0.29) is 36.8 Å². The zero-order valence-electron chi connectivity index (χ0n) is 12.4. The Morgan fingerprint density at radius 2 is 2.04 bits per heavy atom. The first kappa shape index (κ1) is 16.2. The van der Waals surface area contributed by atoms with Crippen LogP contribution in [0.5, 0.6) is 0 Å². The van der Waals surface area contributed by atoms with Crippen LogP contribution >= 0.6 is 11.3 Å². The number of alkyl halides is 2. The van der Waals surface area contributed by atoms with Gasteiger partial charge in [-0.1, -0.05) is 0 Å². The Hall–Kier alpha value is -1.70. The molecule has 2 fully saturated rings. The molecule has 8 heteroatoms. The van der Waals surface area contributed by atoms with Crippen molar-refractivity contribution in [2.24, 2.45) is 5.73 Å². The maximum atomic E-state index is 13.1. The van der Waals surface area contributed by atoms with E-state index in [4.69, 9.17) is 10.5 Å². The van der Waals surface area contributed by atoms with Crippen molar-refractivity contribution in [3.05, 3.63) is 21.9 Å². The quantitative estimate of drug-likeness (QED) is 0.881. The first-order valence-corrected chi connectivity index (χ1v) is 8.45. The molecule has 2 saturated carbocycles. The van der Waals surface area contributed by atoms with E-state index in [0.717, 1.165) is 4.88 Å². The smallest absolute Gasteiger partial charge is 0.404 e. The Kier molecular flexibility index (Phi) is 4.27. The third kappa shape index (κ3) is 3.99. The lowest BCUT2D eigenvalue weighted by molar-refractivity contribution is -0.0399.